The molecule has 0 N–H and O–H groups in total. The fraction of sp³-hybridized carbons (Fsp3) is 0.545. The molecule has 4 nitrogen and oxygen atoms in total. The maximum Gasteiger partial charge on any atom is 0.237 e. The molecule has 0 saturated carbocycles. The van der Waals surface area contributed by atoms with Crippen LogP contribution in [0.1, 0.15) is 34.6 Å². The Kier molecular flexibility index (Phi) is 6.73. The van der Waals surface area contributed by atoms with Crippen molar-refractivity contribution in [1.82, 2.24) is 4.90 Å². The molecule has 0 spiro atoms. The predicted molar refractivity (Wildman–Crippen MR) is 135 cm³/mol. The van der Waals surface area contributed by atoms with E-state index in [4.69, 9.17) is 9.42 Å². The lowest BCUT2D eigenvalue weighted by Crippen LogP contribution is -2.67. The van der Waals surface area contributed by atoms with Gasteiger partial charge in [0.15, 0.2) is 13.5 Å². The molecule has 3 atom stereocenters. The average Bonchev–Trinajstić information content (AvgIpc) is 2.71. The van der Waals surface area contributed by atoms with Gasteiger partial charge in [0.1, 0.15) is 0 Å². The Bertz CT molecular complexity index is 848. The summed E-state index contributed by atoms with van der Waals surface area (Å²) in [5.41, 5.74) is 2.15. The molecule has 29 heavy (non-hydrogen) atoms. The number of para-hydroxylation sites is 1. The molecule has 0 bridgehead atoms. The zero-order valence-corrected chi connectivity index (χ0v) is 22.3. The molecule has 1 saturated heterocycles. The van der Waals surface area contributed by atoms with Crippen molar-refractivity contribution in [3.63, 3.8) is 0 Å². The van der Waals surface area contributed by atoms with Gasteiger partial charge in [0, 0.05) is 9.33 Å². The zero-order valence-electron chi connectivity index (χ0n) is 18.3. The van der Waals surface area contributed by atoms with Gasteiger partial charge >= 0.3 is 0 Å². The Morgan fingerprint density at radius 1 is 1.28 bits per heavy atom. The third kappa shape index (κ3) is 4.52. The largest absolute Gasteiger partial charge is 0.413 e. The Balaban J connectivity index is 1.91. The molecule has 1 fully saturated rings. The van der Waals surface area contributed by atoms with Gasteiger partial charge in [-0.1, -0.05) is 50.7 Å². The van der Waals surface area contributed by atoms with Crippen LogP contribution in [-0.4, -0.2) is 42.2 Å². The molecule has 0 aliphatic carbocycles. The number of amidine groups is 1. The molecule has 7 heteroatoms. The number of carbonyl (C=O) groups is 1. The predicted octanol–water partition coefficient (Wildman–Crippen LogP) is 6.37. The number of aliphatic imine (C=N–C) groups is 1. The minimum atomic E-state index is -1.95. The van der Waals surface area contributed by atoms with Crippen molar-refractivity contribution in [3.8, 4) is 0 Å². The van der Waals surface area contributed by atoms with Crippen molar-refractivity contribution in [2.24, 2.45) is 10.9 Å². The van der Waals surface area contributed by atoms with Crippen molar-refractivity contribution in [2.45, 2.75) is 64.9 Å². The van der Waals surface area contributed by atoms with Gasteiger partial charge in [-0.05, 0) is 72.3 Å². The van der Waals surface area contributed by atoms with Crippen molar-refractivity contribution in [3.05, 3.63) is 39.5 Å². The van der Waals surface area contributed by atoms with E-state index in [9.17, 15) is 4.79 Å². The number of amides is 1. The van der Waals surface area contributed by atoms with Crippen LogP contribution in [0.3, 0.4) is 0 Å². The van der Waals surface area contributed by atoms with E-state index in [1.807, 2.05) is 35.2 Å². The fourth-order valence-corrected chi connectivity index (χ4v) is 6.74. The molecule has 1 amide bonds. The van der Waals surface area contributed by atoms with Crippen LogP contribution in [0.15, 0.2) is 44.5 Å². The highest BCUT2D eigenvalue weighted by molar-refractivity contribution is 14.1. The van der Waals surface area contributed by atoms with Crippen LogP contribution in [0, 0.1) is 5.92 Å². The number of rotatable bonds is 4. The molecule has 0 unspecified atom stereocenters. The number of fused-ring (bicyclic) bond motifs is 1. The Morgan fingerprint density at radius 3 is 2.48 bits per heavy atom. The van der Waals surface area contributed by atoms with Gasteiger partial charge < -0.3 is 4.43 Å². The van der Waals surface area contributed by atoms with E-state index in [2.05, 4.69) is 70.3 Å². The summed E-state index contributed by atoms with van der Waals surface area (Å²) in [4.78, 5) is 20.0. The number of carbonyl (C=O) groups excluding carboxylic acids is 1. The lowest BCUT2D eigenvalue weighted by Gasteiger charge is -2.51. The normalized spacial score (nSPS) is 25.6. The summed E-state index contributed by atoms with van der Waals surface area (Å²) in [6.07, 6.45) is -0.107. The van der Waals surface area contributed by atoms with Crippen LogP contribution in [-0.2, 0) is 9.22 Å². The summed E-state index contributed by atoms with van der Waals surface area (Å²) in [5.74, 6) is 0.838. The lowest BCUT2D eigenvalue weighted by molar-refractivity contribution is -0.151. The fourth-order valence-electron chi connectivity index (χ4n) is 3.53. The van der Waals surface area contributed by atoms with Gasteiger partial charge in [0.25, 0.3) is 0 Å². The second-order valence-corrected chi connectivity index (χ2v) is 16.4. The maximum atomic E-state index is 13.3. The highest BCUT2D eigenvalue weighted by Gasteiger charge is 2.55. The minimum Gasteiger partial charge on any atom is -0.413 e. The van der Waals surface area contributed by atoms with E-state index < -0.39 is 8.32 Å². The average molecular weight is 543 g/mol. The molecule has 2 aliphatic heterocycles. The lowest BCUT2D eigenvalue weighted by atomic mass is 9.80. The van der Waals surface area contributed by atoms with E-state index in [0.717, 1.165) is 16.6 Å². The molecule has 0 radical (unpaired) electrons. The minimum absolute atomic E-state index is 0.0339. The first-order valence-corrected chi connectivity index (χ1v) is 15.0. The van der Waals surface area contributed by atoms with Crippen molar-refractivity contribution >= 4 is 59.4 Å². The third-order valence-electron chi connectivity index (χ3n) is 6.32. The van der Waals surface area contributed by atoms with Gasteiger partial charge in [0.2, 0.25) is 5.91 Å². The molecule has 158 valence electrons. The number of thioether (sulfide) groups is 1. The summed E-state index contributed by atoms with van der Waals surface area (Å²) < 4.78 is 7.93. The first-order valence-electron chi connectivity index (χ1n) is 10.1. The van der Waals surface area contributed by atoms with Gasteiger partial charge in [-0.15, -0.1) is 0 Å². The van der Waals surface area contributed by atoms with Crippen LogP contribution >= 0.6 is 34.4 Å². The van der Waals surface area contributed by atoms with E-state index in [-0.39, 0.29) is 29.0 Å². The molecule has 0 aromatic heterocycles. The number of nitrogens with zero attached hydrogens (tertiary/aromatic N) is 2. The first kappa shape index (κ1) is 23.0. The van der Waals surface area contributed by atoms with E-state index >= 15 is 0 Å². The Morgan fingerprint density at radius 2 is 1.90 bits per heavy atom. The molecule has 2 heterocycles. The van der Waals surface area contributed by atoms with Crippen LogP contribution in [0.2, 0.25) is 18.1 Å². The second kappa shape index (κ2) is 8.47. The summed E-state index contributed by atoms with van der Waals surface area (Å²) >= 11 is 4.07. The summed E-state index contributed by atoms with van der Waals surface area (Å²) in [6.45, 7) is 15.5. The molecular weight excluding hydrogens is 511 g/mol. The first-order chi connectivity index (χ1) is 13.4. The van der Waals surface area contributed by atoms with Crippen LogP contribution in [0.4, 0.5) is 5.69 Å². The number of β-lactam (4-membered cyclic amide) rings is 1. The smallest absolute Gasteiger partial charge is 0.237 e. The van der Waals surface area contributed by atoms with E-state index in [1.54, 1.807) is 11.8 Å². The van der Waals surface area contributed by atoms with Gasteiger partial charge in [-0.25, -0.2) is 4.99 Å². The third-order valence-corrected chi connectivity index (χ3v) is 13.6. The van der Waals surface area contributed by atoms with E-state index in [0.29, 0.717) is 0 Å². The number of hydrogen-bond acceptors (Lipinski definition) is 4. The molecule has 2 aliphatic rings. The van der Waals surface area contributed by atoms with Gasteiger partial charge in [0.05, 0.1) is 23.8 Å². The summed E-state index contributed by atoms with van der Waals surface area (Å²) in [6, 6.07) is 9.91. The molecule has 3 rings (SSSR count). The Hall–Kier alpha value is -0.643. The summed E-state index contributed by atoms with van der Waals surface area (Å²) in [7, 11) is -1.95. The highest BCUT2D eigenvalue weighted by Crippen LogP contribution is 2.45. The number of benzene rings is 1. The second-order valence-electron chi connectivity index (χ2n) is 9.37. The molecule has 1 aromatic rings. The zero-order chi connectivity index (χ0) is 21.6. The molecule has 1 aromatic carbocycles. The van der Waals surface area contributed by atoms with E-state index in [1.165, 1.54) is 9.15 Å². The van der Waals surface area contributed by atoms with Gasteiger partial charge in [-0.3, -0.25) is 9.69 Å². The molecular formula is C22H31IN2O2SSi. The van der Waals surface area contributed by atoms with Crippen LogP contribution in [0.5, 0.6) is 0 Å². The van der Waals surface area contributed by atoms with Crippen molar-refractivity contribution in [1.29, 1.82) is 0 Å². The highest BCUT2D eigenvalue weighted by atomic mass is 127. The van der Waals surface area contributed by atoms with Crippen LogP contribution < -0.4 is 0 Å². The maximum absolute atomic E-state index is 13.3. The quantitative estimate of drug-likeness (QED) is 0.252. The standard InChI is InChI=1S/C22H31IN2O2SSi/c1-14-17(23)13-28-21(24-16-11-9-8-10-12-16)25-19(14)18(20(25)26)15(2)27-29(6,7)22(3,4)5/h8-12,15,18-19H,13H2,1-7H3/t15-,18-,19-/m1/s1. The Labute approximate surface area is 193 Å². The summed E-state index contributed by atoms with van der Waals surface area (Å²) in [5, 5.41) is 0.916. The van der Waals surface area contributed by atoms with Crippen LogP contribution in [0.25, 0.3) is 0 Å². The monoisotopic (exact) mass is 542 g/mol. The number of hydrogen-bond donors (Lipinski definition) is 0. The number of halogens is 1. The SMILES string of the molecule is CC1=C(I)CSC(=Nc2ccccc2)N2C(=O)[C@H]([C@@H](C)O[Si](C)(C)C(C)(C)C)[C@@H]12. The van der Waals surface area contributed by atoms with Crippen molar-refractivity contribution in [2.75, 3.05) is 5.75 Å². The topological polar surface area (TPSA) is 41.9 Å². The van der Waals surface area contributed by atoms with Crippen molar-refractivity contribution < 1.29 is 9.22 Å². The van der Waals surface area contributed by atoms with Gasteiger partial charge in [-0.2, -0.15) is 0 Å².